The predicted molar refractivity (Wildman–Crippen MR) is 86.7 cm³/mol. The minimum atomic E-state index is -0.124. The molecule has 0 aromatic heterocycles. The van der Waals surface area contributed by atoms with E-state index in [0.717, 1.165) is 36.4 Å². The molecule has 21 heavy (non-hydrogen) atoms. The van der Waals surface area contributed by atoms with Crippen molar-refractivity contribution in [3.05, 3.63) is 34.1 Å². The van der Waals surface area contributed by atoms with Crippen LogP contribution in [0.4, 0.5) is 4.39 Å². The van der Waals surface area contributed by atoms with E-state index in [1.807, 2.05) is 6.07 Å². The molecule has 3 unspecified atom stereocenters. The van der Waals surface area contributed by atoms with Gasteiger partial charge in [0, 0.05) is 12.6 Å². The smallest absolute Gasteiger partial charge is 0.137 e. The monoisotopic (exact) mass is 351 g/mol. The van der Waals surface area contributed by atoms with E-state index in [1.165, 1.54) is 38.5 Å². The van der Waals surface area contributed by atoms with E-state index in [2.05, 4.69) is 27.3 Å². The van der Waals surface area contributed by atoms with Gasteiger partial charge in [0.25, 0.3) is 0 Å². The number of nitrogens with one attached hydrogen (secondary N) is 1. The van der Waals surface area contributed by atoms with Crippen LogP contribution in [0.2, 0.25) is 0 Å². The van der Waals surface area contributed by atoms with Crippen LogP contribution in [0.15, 0.2) is 22.7 Å². The summed E-state index contributed by atoms with van der Waals surface area (Å²) in [5.74, 6) is 1.63. The highest BCUT2D eigenvalue weighted by Gasteiger charge is 2.51. The van der Waals surface area contributed by atoms with Gasteiger partial charge in [-0.25, -0.2) is 4.39 Å². The fraction of sp³-hybridized carbons (Fsp3) is 0.667. The molecule has 3 saturated carbocycles. The highest BCUT2D eigenvalue weighted by molar-refractivity contribution is 9.10. The summed E-state index contributed by atoms with van der Waals surface area (Å²) in [6, 6.07) is 6.25. The van der Waals surface area contributed by atoms with Gasteiger partial charge in [0.15, 0.2) is 0 Å². The second-order valence-electron chi connectivity index (χ2n) is 7.49. The van der Waals surface area contributed by atoms with Crippen LogP contribution in [0.5, 0.6) is 0 Å². The molecule has 3 heteroatoms. The third kappa shape index (κ3) is 2.68. The summed E-state index contributed by atoms with van der Waals surface area (Å²) < 4.78 is 14.5. The Bertz CT molecular complexity index is 542. The largest absolute Gasteiger partial charge is 0.313 e. The van der Waals surface area contributed by atoms with Crippen LogP contribution in [-0.4, -0.2) is 12.6 Å². The Morgan fingerprint density at radius 2 is 2.10 bits per heavy atom. The Labute approximate surface area is 134 Å². The van der Waals surface area contributed by atoms with Crippen molar-refractivity contribution >= 4 is 15.9 Å². The lowest BCUT2D eigenvalue weighted by Gasteiger charge is -2.39. The molecule has 0 heterocycles. The molecule has 0 aliphatic heterocycles. The molecule has 3 aliphatic carbocycles. The Kier molecular flexibility index (Phi) is 3.61. The highest BCUT2D eigenvalue weighted by atomic mass is 79.9. The van der Waals surface area contributed by atoms with Gasteiger partial charge < -0.3 is 5.32 Å². The predicted octanol–water partition coefficient (Wildman–Crippen LogP) is 4.69. The average Bonchev–Trinajstić information content (AvgIpc) is 3.10. The number of fused-ring (bicyclic) bond motifs is 2. The lowest BCUT2D eigenvalue weighted by molar-refractivity contribution is 0.155. The highest BCUT2D eigenvalue weighted by Crippen LogP contribution is 2.57. The van der Waals surface area contributed by atoms with Crippen LogP contribution < -0.4 is 5.32 Å². The molecule has 1 nitrogen and oxygen atoms in total. The van der Waals surface area contributed by atoms with E-state index >= 15 is 0 Å². The molecule has 0 radical (unpaired) electrons. The summed E-state index contributed by atoms with van der Waals surface area (Å²) in [6.07, 6.45) is 9.23. The molecule has 3 fully saturated rings. The van der Waals surface area contributed by atoms with Crippen molar-refractivity contribution in [3.63, 3.8) is 0 Å². The zero-order valence-electron chi connectivity index (χ0n) is 12.4. The molecule has 0 amide bonds. The molecule has 3 aliphatic rings. The molecular formula is C18H23BrFN. The van der Waals surface area contributed by atoms with Gasteiger partial charge in [-0.3, -0.25) is 0 Å². The summed E-state index contributed by atoms with van der Waals surface area (Å²) in [6.45, 7) is 1.13. The van der Waals surface area contributed by atoms with Gasteiger partial charge in [0.05, 0.1) is 4.47 Å². The van der Waals surface area contributed by atoms with Crippen molar-refractivity contribution in [3.8, 4) is 0 Å². The maximum absolute atomic E-state index is 13.8. The number of halogens is 2. The number of rotatable bonds is 5. The van der Waals surface area contributed by atoms with Crippen molar-refractivity contribution in [2.24, 2.45) is 17.3 Å². The maximum Gasteiger partial charge on any atom is 0.137 e. The number of benzene rings is 1. The minimum absolute atomic E-state index is 0.124. The Balaban J connectivity index is 1.58. The topological polar surface area (TPSA) is 12.0 Å². The third-order valence-corrected chi connectivity index (χ3v) is 6.88. The first kappa shape index (κ1) is 14.2. The first-order chi connectivity index (χ1) is 10.2. The van der Waals surface area contributed by atoms with E-state index in [9.17, 15) is 4.39 Å². The zero-order valence-corrected chi connectivity index (χ0v) is 14.0. The molecule has 114 valence electrons. The summed E-state index contributed by atoms with van der Waals surface area (Å²) in [5.41, 5.74) is 1.52. The molecular weight excluding hydrogens is 329 g/mol. The third-order valence-electron chi connectivity index (χ3n) is 6.00. The molecule has 4 rings (SSSR count). The van der Waals surface area contributed by atoms with Gasteiger partial charge in [-0.15, -0.1) is 0 Å². The van der Waals surface area contributed by atoms with Gasteiger partial charge in [-0.05, 0) is 83.3 Å². The van der Waals surface area contributed by atoms with E-state index in [-0.39, 0.29) is 5.82 Å². The quantitative estimate of drug-likeness (QED) is 0.811. The first-order valence-corrected chi connectivity index (χ1v) is 9.12. The van der Waals surface area contributed by atoms with E-state index in [1.54, 1.807) is 6.07 Å². The van der Waals surface area contributed by atoms with Gasteiger partial charge in [-0.2, -0.15) is 0 Å². The lowest BCUT2D eigenvalue weighted by atomic mass is 9.69. The molecule has 0 spiro atoms. The number of hydrogen-bond acceptors (Lipinski definition) is 1. The molecule has 3 atom stereocenters. The maximum atomic E-state index is 13.8. The van der Waals surface area contributed by atoms with Crippen LogP contribution in [0, 0.1) is 23.1 Å². The Morgan fingerprint density at radius 1 is 1.24 bits per heavy atom. The van der Waals surface area contributed by atoms with Crippen molar-refractivity contribution in [2.75, 3.05) is 6.54 Å². The Morgan fingerprint density at radius 3 is 2.76 bits per heavy atom. The van der Waals surface area contributed by atoms with Crippen LogP contribution in [0.25, 0.3) is 0 Å². The minimum Gasteiger partial charge on any atom is -0.313 e. The molecule has 1 N–H and O–H groups in total. The van der Waals surface area contributed by atoms with Crippen LogP contribution in [0.3, 0.4) is 0 Å². The fourth-order valence-electron chi connectivity index (χ4n) is 4.75. The first-order valence-electron chi connectivity index (χ1n) is 8.32. The van der Waals surface area contributed by atoms with Crippen molar-refractivity contribution < 1.29 is 4.39 Å². The van der Waals surface area contributed by atoms with Gasteiger partial charge in [0.2, 0.25) is 0 Å². The van der Waals surface area contributed by atoms with Gasteiger partial charge in [-0.1, -0.05) is 18.6 Å². The molecule has 1 aromatic rings. The average molecular weight is 352 g/mol. The Hall–Kier alpha value is -0.410. The standard InChI is InChI=1S/C18H23BrFN/c19-17-13(2-1-3-16(17)20)10-18(11-21-15-6-7-15)9-12-4-5-14(18)8-12/h1-3,12,14-15,21H,4-11H2. The van der Waals surface area contributed by atoms with Crippen molar-refractivity contribution in [2.45, 2.75) is 51.0 Å². The number of hydrogen-bond donors (Lipinski definition) is 1. The SMILES string of the molecule is Fc1cccc(CC2(CNC3CC3)CC3CCC2C3)c1Br. The second kappa shape index (κ2) is 5.34. The zero-order chi connectivity index (χ0) is 14.4. The molecule has 2 bridgehead atoms. The van der Waals surface area contributed by atoms with Gasteiger partial charge in [0.1, 0.15) is 5.82 Å². The van der Waals surface area contributed by atoms with Gasteiger partial charge >= 0.3 is 0 Å². The van der Waals surface area contributed by atoms with E-state index in [0.29, 0.717) is 9.89 Å². The van der Waals surface area contributed by atoms with Crippen molar-refractivity contribution in [1.82, 2.24) is 5.32 Å². The van der Waals surface area contributed by atoms with Crippen LogP contribution in [-0.2, 0) is 6.42 Å². The molecule has 1 aromatic carbocycles. The van der Waals surface area contributed by atoms with E-state index < -0.39 is 0 Å². The summed E-state index contributed by atoms with van der Waals surface area (Å²) in [5, 5.41) is 3.77. The van der Waals surface area contributed by atoms with E-state index in [4.69, 9.17) is 0 Å². The van der Waals surface area contributed by atoms with Crippen molar-refractivity contribution in [1.29, 1.82) is 0 Å². The summed E-state index contributed by atoms with van der Waals surface area (Å²) in [4.78, 5) is 0. The fourth-order valence-corrected chi connectivity index (χ4v) is 5.16. The molecule has 0 saturated heterocycles. The summed E-state index contributed by atoms with van der Waals surface area (Å²) >= 11 is 3.46. The van der Waals surface area contributed by atoms with Crippen LogP contribution in [0.1, 0.15) is 44.1 Å². The summed E-state index contributed by atoms with van der Waals surface area (Å²) in [7, 11) is 0. The second-order valence-corrected chi connectivity index (χ2v) is 8.28. The lowest BCUT2D eigenvalue weighted by Crippen LogP contribution is -2.41. The van der Waals surface area contributed by atoms with Crippen LogP contribution >= 0.6 is 15.9 Å². The normalized spacial score (nSPS) is 34.6.